The Kier molecular flexibility index (Phi) is 5.01. The van der Waals surface area contributed by atoms with E-state index in [-0.39, 0.29) is 24.5 Å². The first kappa shape index (κ1) is 17.7. The first-order valence-electron chi connectivity index (χ1n) is 7.14. The lowest BCUT2D eigenvalue weighted by molar-refractivity contribution is -0.163. The molecule has 1 aliphatic rings. The standard InChI is InChI=1S/C15H17ClO6S/c1-3-21-13(17)15(14(18)22-4-2)9-12(15)23(19,20)11-7-5-10(16)6-8-11/h5-8,12H,3-4,9H2,1-2H3/t12-/m1/s1. The number of sulfone groups is 1. The second kappa shape index (κ2) is 6.49. The van der Waals surface area contributed by atoms with Gasteiger partial charge in [0.25, 0.3) is 0 Å². The fourth-order valence-corrected chi connectivity index (χ4v) is 4.60. The number of ether oxygens (including phenoxy) is 2. The Morgan fingerprint density at radius 2 is 1.61 bits per heavy atom. The van der Waals surface area contributed by atoms with E-state index >= 15 is 0 Å². The summed E-state index contributed by atoms with van der Waals surface area (Å²) in [7, 11) is -3.88. The van der Waals surface area contributed by atoms with Crippen molar-refractivity contribution in [3.8, 4) is 0 Å². The minimum Gasteiger partial charge on any atom is -0.465 e. The zero-order chi connectivity index (χ0) is 17.3. The Morgan fingerprint density at radius 1 is 1.13 bits per heavy atom. The molecule has 0 amide bonds. The van der Waals surface area contributed by atoms with E-state index in [1.807, 2.05) is 0 Å². The molecule has 0 N–H and O–H groups in total. The van der Waals surface area contributed by atoms with Crippen molar-refractivity contribution in [2.75, 3.05) is 13.2 Å². The van der Waals surface area contributed by atoms with Crippen LogP contribution in [0.15, 0.2) is 29.2 Å². The molecule has 1 saturated carbocycles. The molecule has 0 unspecified atom stereocenters. The van der Waals surface area contributed by atoms with Crippen LogP contribution < -0.4 is 0 Å². The van der Waals surface area contributed by atoms with Crippen LogP contribution in [0.25, 0.3) is 0 Å². The summed E-state index contributed by atoms with van der Waals surface area (Å²) < 4.78 is 35.1. The minimum absolute atomic E-state index is 0.00220. The maximum absolute atomic E-state index is 12.7. The second-order valence-electron chi connectivity index (χ2n) is 5.10. The molecule has 1 atom stereocenters. The van der Waals surface area contributed by atoms with Crippen molar-refractivity contribution < 1.29 is 27.5 Å². The first-order chi connectivity index (χ1) is 10.8. The lowest BCUT2D eigenvalue weighted by atomic mass is 10.1. The fraction of sp³-hybridized carbons (Fsp3) is 0.467. The van der Waals surface area contributed by atoms with Gasteiger partial charge in [0.05, 0.1) is 23.4 Å². The summed E-state index contributed by atoms with van der Waals surface area (Å²) in [5.74, 6) is -1.72. The van der Waals surface area contributed by atoms with Crippen LogP contribution in [0.1, 0.15) is 20.3 Å². The Balaban J connectivity index is 2.37. The number of esters is 2. The highest BCUT2D eigenvalue weighted by Gasteiger charge is 2.73. The Morgan fingerprint density at radius 3 is 2.04 bits per heavy atom. The monoisotopic (exact) mass is 360 g/mol. The lowest BCUT2D eigenvalue weighted by Gasteiger charge is -2.14. The number of carbonyl (C=O) groups excluding carboxylic acids is 2. The molecule has 0 heterocycles. The molecule has 0 spiro atoms. The van der Waals surface area contributed by atoms with Crippen molar-refractivity contribution in [1.82, 2.24) is 0 Å². The predicted molar refractivity (Wildman–Crippen MR) is 82.7 cm³/mol. The number of carbonyl (C=O) groups is 2. The van der Waals surface area contributed by atoms with Crippen molar-refractivity contribution in [1.29, 1.82) is 0 Å². The van der Waals surface area contributed by atoms with Gasteiger partial charge in [0.2, 0.25) is 0 Å². The van der Waals surface area contributed by atoms with Gasteiger partial charge < -0.3 is 9.47 Å². The third kappa shape index (κ3) is 3.07. The molecule has 0 aliphatic heterocycles. The van der Waals surface area contributed by atoms with Crippen LogP contribution >= 0.6 is 11.6 Å². The molecular formula is C15H17ClO6S. The average molecular weight is 361 g/mol. The summed E-state index contributed by atoms with van der Waals surface area (Å²) in [6, 6.07) is 5.56. The van der Waals surface area contributed by atoms with Gasteiger partial charge in [0.15, 0.2) is 15.3 Å². The summed E-state index contributed by atoms with van der Waals surface area (Å²) in [5.41, 5.74) is -1.77. The van der Waals surface area contributed by atoms with E-state index in [9.17, 15) is 18.0 Å². The van der Waals surface area contributed by atoms with E-state index < -0.39 is 32.4 Å². The summed E-state index contributed by atoms with van der Waals surface area (Å²) >= 11 is 5.75. The van der Waals surface area contributed by atoms with Gasteiger partial charge in [-0.2, -0.15) is 0 Å². The van der Waals surface area contributed by atoms with Gasteiger partial charge in [-0.25, -0.2) is 8.42 Å². The van der Waals surface area contributed by atoms with Crippen LogP contribution in [0.4, 0.5) is 0 Å². The van der Waals surface area contributed by atoms with Gasteiger partial charge in [-0.3, -0.25) is 9.59 Å². The van der Waals surface area contributed by atoms with Crippen molar-refractivity contribution in [2.45, 2.75) is 30.4 Å². The highest BCUT2D eigenvalue weighted by atomic mass is 35.5. The van der Waals surface area contributed by atoms with E-state index in [2.05, 4.69) is 0 Å². The normalized spacial score (nSPS) is 19.0. The smallest absolute Gasteiger partial charge is 0.324 e. The maximum Gasteiger partial charge on any atom is 0.324 e. The molecule has 1 fully saturated rings. The maximum atomic E-state index is 12.7. The molecule has 0 bridgehead atoms. The fourth-order valence-electron chi connectivity index (χ4n) is 2.43. The van der Waals surface area contributed by atoms with Crippen LogP contribution in [0, 0.1) is 5.41 Å². The van der Waals surface area contributed by atoms with Crippen molar-refractivity contribution in [3.05, 3.63) is 29.3 Å². The second-order valence-corrected chi connectivity index (χ2v) is 7.67. The quantitative estimate of drug-likeness (QED) is 0.569. The molecule has 0 aromatic heterocycles. The van der Waals surface area contributed by atoms with Crippen LogP contribution in [0.2, 0.25) is 5.02 Å². The van der Waals surface area contributed by atoms with Crippen molar-refractivity contribution in [3.63, 3.8) is 0 Å². The molecule has 8 heteroatoms. The number of rotatable bonds is 6. The van der Waals surface area contributed by atoms with Crippen LogP contribution in [0.3, 0.4) is 0 Å². The largest absolute Gasteiger partial charge is 0.465 e. The summed E-state index contributed by atoms with van der Waals surface area (Å²) in [4.78, 5) is 24.4. The van der Waals surface area contributed by atoms with Gasteiger partial charge in [-0.1, -0.05) is 11.6 Å². The van der Waals surface area contributed by atoms with E-state index in [0.29, 0.717) is 5.02 Å². The van der Waals surface area contributed by atoms with E-state index in [1.54, 1.807) is 13.8 Å². The van der Waals surface area contributed by atoms with E-state index in [4.69, 9.17) is 21.1 Å². The first-order valence-corrected chi connectivity index (χ1v) is 9.07. The molecule has 126 valence electrons. The highest BCUT2D eigenvalue weighted by molar-refractivity contribution is 7.92. The molecular weight excluding hydrogens is 344 g/mol. The number of hydrogen-bond acceptors (Lipinski definition) is 6. The Hall–Kier alpha value is -1.60. The van der Waals surface area contributed by atoms with Crippen molar-refractivity contribution in [2.24, 2.45) is 5.41 Å². The van der Waals surface area contributed by atoms with Gasteiger partial charge in [-0.15, -0.1) is 0 Å². The van der Waals surface area contributed by atoms with Crippen molar-refractivity contribution >= 4 is 33.4 Å². The molecule has 6 nitrogen and oxygen atoms in total. The Bertz CT molecular complexity index is 692. The SMILES string of the molecule is CCOC(=O)C1(C(=O)OCC)C[C@H]1S(=O)(=O)c1ccc(Cl)cc1. The topological polar surface area (TPSA) is 86.7 Å². The number of benzene rings is 1. The molecule has 2 rings (SSSR count). The predicted octanol–water partition coefficient (Wildman–Crippen LogP) is 2.00. The zero-order valence-corrected chi connectivity index (χ0v) is 14.3. The molecule has 23 heavy (non-hydrogen) atoms. The number of halogens is 1. The summed E-state index contributed by atoms with van der Waals surface area (Å²) in [6.07, 6.45) is -0.143. The highest BCUT2D eigenvalue weighted by Crippen LogP contribution is 2.54. The van der Waals surface area contributed by atoms with Crippen LogP contribution in [-0.4, -0.2) is 38.8 Å². The molecule has 1 aliphatic carbocycles. The zero-order valence-electron chi connectivity index (χ0n) is 12.7. The molecule has 1 aromatic carbocycles. The molecule has 0 radical (unpaired) electrons. The summed E-state index contributed by atoms with van der Waals surface area (Å²) in [5, 5.41) is -0.795. The Labute approximate surface area is 139 Å². The van der Waals surface area contributed by atoms with Gasteiger partial charge in [-0.05, 0) is 44.5 Å². The molecule has 0 saturated heterocycles. The third-order valence-corrected chi connectivity index (χ3v) is 6.19. The average Bonchev–Trinajstić information content (AvgIpc) is 3.26. The molecule has 1 aromatic rings. The van der Waals surface area contributed by atoms with E-state index in [1.165, 1.54) is 24.3 Å². The number of hydrogen-bond donors (Lipinski definition) is 0. The lowest BCUT2D eigenvalue weighted by Crippen LogP contribution is -2.35. The van der Waals surface area contributed by atoms with Gasteiger partial charge in [0, 0.05) is 5.02 Å². The van der Waals surface area contributed by atoms with Crippen LogP contribution in [-0.2, 0) is 28.9 Å². The third-order valence-electron chi connectivity index (χ3n) is 3.69. The summed E-state index contributed by atoms with van der Waals surface area (Å²) in [6.45, 7) is 3.27. The van der Waals surface area contributed by atoms with Gasteiger partial charge >= 0.3 is 11.9 Å². The minimum atomic E-state index is -3.88. The van der Waals surface area contributed by atoms with Crippen LogP contribution in [0.5, 0.6) is 0 Å². The van der Waals surface area contributed by atoms with E-state index in [0.717, 1.165) is 0 Å². The van der Waals surface area contributed by atoms with Gasteiger partial charge in [0.1, 0.15) is 0 Å².